The van der Waals surface area contributed by atoms with Crippen LogP contribution in [0.25, 0.3) is 0 Å². The van der Waals surface area contributed by atoms with E-state index in [0.29, 0.717) is 12.8 Å². The molecule has 0 saturated carbocycles. The molecular formula is C52H103NO4. The predicted molar refractivity (Wildman–Crippen MR) is 250 cm³/mol. The van der Waals surface area contributed by atoms with Gasteiger partial charge in [0.25, 0.3) is 0 Å². The van der Waals surface area contributed by atoms with E-state index in [0.717, 1.165) is 32.1 Å². The molecule has 0 aromatic rings. The summed E-state index contributed by atoms with van der Waals surface area (Å²) < 4.78 is 0. The van der Waals surface area contributed by atoms with Crippen LogP contribution in [0.4, 0.5) is 0 Å². The molecule has 0 aromatic carbocycles. The Morgan fingerprint density at radius 2 is 0.667 bits per heavy atom. The van der Waals surface area contributed by atoms with Gasteiger partial charge in [-0.2, -0.15) is 0 Å². The van der Waals surface area contributed by atoms with Gasteiger partial charge in [-0.25, -0.2) is 0 Å². The smallest absolute Gasteiger partial charge is 0.249 e. The van der Waals surface area contributed by atoms with E-state index in [2.05, 4.69) is 31.3 Å². The third-order valence-corrected chi connectivity index (χ3v) is 12.4. The summed E-state index contributed by atoms with van der Waals surface area (Å²) in [7, 11) is 0. The molecule has 1 amide bonds. The summed E-state index contributed by atoms with van der Waals surface area (Å²) in [6, 6.07) is -0.712. The first kappa shape index (κ1) is 56.1. The van der Waals surface area contributed by atoms with Crippen LogP contribution < -0.4 is 5.32 Å². The largest absolute Gasteiger partial charge is 0.394 e. The van der Waals surface area contributed by atoms with Crippen LogP contribution in [0.5, 0.6) is 0 Å². The monoisotopic (exact) mass is 806 g/mol. The first-order chi connectivity index (χ1) is 28.1. The Kier molecular flexibility index (Phi) is 47.0. The van der Waals surface area contributed by atoms with Crippen molar-refractivity contribution in [3.8, 4) is 0 Å². The first-order valence-corrected chi connectivity index (χ1v) is 26.0. The van der Waals surface area contributed by atoms with Crippen LogP contribution in [0.15, 0.2) is 12.2 Å². The summed E-state index contributed by atoms with van der Waals surface area (Å²) >= 11 is 0. The van der Waals surface area contributed by atoms with E-state index in [1.807, 2.05) is 0 Å². The molecule has 0 radical (unpaired) electrons. The second-order valence-corrected chi connectivity index (χ2v) is 18.1. The summed E-state index contributed by atoms with van der Waals surface area (Å²) in [5.41, 5.74) is 0. The van der Waals surface area contributed by atoms with E-state index < -0.39 is 24.2 Å². The number of carbonyl (C=O) groups is 1. The lowest BCUT2D eigenvalue weighted by Crippen LogP contribution is -2.49. The number of nitrogens with one attached hydrogen (secondary N) is 1. The third kappa shape index (κ3) is 43.0. The van der Waals surface area contributed by atoms with E-state index >= 15 is 0 Å². The molecule has 4 N–H and O–H groups in total. The standard InChI is InChI=1S/C52H103NO4/c1-3-5-7-9-11-13-15-17-19-21-23-25-26-27-29-30-32-34-36-38-40-42-44-46-50(55)49(48-54)53-52(57)51(56)47-45-43-41-39-37-35-33-31-28-24-22-20-18-16-14-12-10-8-6-4-2/h28,31,49-51,54-56H,3-27,29-30,32-48H2,1-2H3,(H,53,57)/b31-28-. The van der Waals surface area contributed by atoms with Crippen LogP contribution in [0.3, 0.4) is 0 Å². The Bertz CT molecular complexity index is 803. The molecule has 0 aliphatic heterocycles. The van der Waals surface area contributed by atoms with Crippen LogP contribution in [-0.4, -0.2) is 46.1 Å². The number of rotatable bonds is 48. The number of hydrogen-bond acceptors (Lipinski definition) is 4. The first-order valence-electron chi connectivity index (χ1n) is 26.0. The van der Waals surface area contributed by atoms with Crippen LogP contribution in [0.1, 0.15) is 290 Å². The summed E-state index contributed by atoms with van der Waals surface area (Å²) in [6.07, 6.45) is 58.1. The Balaban J connectivity index is 3.55. The van der Waals surface area contributed by atoms with Crippen molar-refractivity contribution >= 4 is 5.91 Å². The van der Waals surface area contributed by atoms with E-state index in [-0.39, 0.29) is 6.61 Å². The van der Waals surface area contributed by atoms with E-state index in [9.17, 15) is 20.1 Å². The van der Waals surface area contributed by atoms with E-state index in [1.54, 1.807) is 0 Å². The average molecular weight is 806 g/mol. The fourth-order valence-electron chi connectivity index (χ4n) is 8.31. The molecule has 5 heteroatoms. The quantitative estimate of drug-likeness (QED) is 0.0364. The van der Waals surface area contributed by atoms with Crippen molar-refractivity contribution in [1.82, 2.24) is 5.32 Å². The minimum absolute atomic E-state index is 0.312. The highest BCUT2D eigenvalue weighted by Crippen LogP contribution is 2.17. The van der Waals surface area contributed by atoms with Gasteiger partial charge in [-0.1, -0.05) is 264 Å². The molecule has 0 aromatic heterocycles. The summed E-state index contributed by atoms with van der Waals surface area (Å²) in [5.74, 6) is -0.470. The van der Waals surface area contributed by atoms with Crippen molar-refractivity contribution in [3.63, 3.8) is 0 Å². The van der Waals surface area contributed by atoms with Crippen molar-refractivity contribution in [3.05, 3.63) is 12.2 Å². The number of unbranched alkanes of at least 4 members (excludes halogenated alkanes) is 38. The highest BCUT2D eigenvalue weighted by molar-refractivity contribution is 5.80. The second kappa shape index (κ2) is 47.8. The molecule has 340 valence electrons. The molecule has 0 bridgehead atoms. The molecule has 57 heavy (non-hydrogen) atoms. The van der Waals surface area contributed by atoms with Crippen LogP contribution in [-0.2, 0) is 4.79 Å². The maximum absolute atomic E-state index is 12.5. The van der Waals surface area contributed by atoms with Crippen molar-refractivity contribution in [2.24, 2.45) is 0 Å². The normalized spacial score (nSPS) is 13.4. The minimum Gasteiger partial charge on any atom is -0.394 e. The van der Waals surface area contributed by atoms with Gasteiger partial charge < -0.3 is 20.6 Å². The lowest BCUT2D eigenvalue weighted by Gasteiger charge is -2.23. The van der Waals surface area contributed by atoms with Gasteiger partial charge in [0, 0.05) is 0 Å². The SMILES string of the molecule is CCCCCCCCCCCC/C=C\CCCCCCCCC(O)C(=O)NC(CO)C(O)CCCCCCCCCCCCCCCCCCCCCCCCC. The van der Waals surface area contributed by atoms with E-state index in [1.165, 1.54) is 231 Å². The molecule has 0 aliphatic rings. The lowest BCUT2D eigenvalue weighted by atomic mass is 10.0. The Labute approximate surface area is 357 Å². The molecule has 3 unspecified atom stereocenters. The molecule has 0 saturated heterocycles. The topological polar surface area (TPSA) is 89.8 Å². The zero-order valence-corrected chi connectivity index (χ0v) is 38.7. The van der Waals surface area contributed by atoms with Gasteiger partial charge in [0.1, 0.15) is 6.10 Å². The number of hydrogen-bond donors (Lipinski definition) is 4. The van der Waals surface area contributed by atoms with Crippen molar-refractivity contribution in [2.75, 3.05) is 6.61 Å². The molecule has 5 nitrogen and oxygen atoms in total. The summed E-state index contributed by atoms with van der Waals surface area (Å²) in [4.78, 5) is 12.5. The number of carbonyl (C=O) groups excluding carboxylic acids is 1. The Morgan fingerprint density at radius 1 is 0.404 bits per heavy atom. The summed E-state index contributed by atoms with van der Waals surface area (Å²) in [5, 5.41) is 33.5. The van der Waals surface area contributed by atoms with Gasteiger partial charge in [0.15, 0.2) is 0 Å². The predicted octanol–water partition coefficient (Wildman–Crippen LogP) is 15.6. The van der Waals surface area contributed by atoms with Crippen molar-refractivity contribution in [1.29, 1.82) is 0 Å². The molecular weight excluding hydrogens is 703 g/mol. The van der Waals surface area contributed by atoms with Crippen LogP contribution in [0.2, 0.25) is 0 Å². The number of aliphatic hydroxyl groups excluding tert-OH is 3. The Hall–Kier alpha value is -0.910. The van der Waals surface area contributed by atoms with Crippen LogP contribution in [0, 0.1) is 0 Å². The molecule has 0 aliphatic carbocycles. The fraction of sp³-hybridized carbons (Fsp3) is 0.942. The average Bonchev–Trinajstić information content (AvgIpc) is 3.22. The van der Waals surface area contributed by atoms with E-state index in [4.69, 9.17) is 0 Å². The van der Waals surface area contributed by atoms with Gasteiger partial charge in [-0.15, -0.1) is 0 Å². The fourth-order valence-corrected chi connectivity index (χ4v) is 8.31. The minimum atomic E-state index is -1.08. The van der Waals surface area contributed by atoms with Gasteiger partial charge >= 0.3 is 0 Å². The van der Waals surface area contributed by atoms with Crippen LogP contribution >= 0.6 is 0 Å². The van der Waals surface area contributed by atoms with Crippen molar-refractivity contribution in [2.45, 2.75) is 308 Å². The number of amides is 1. The zero-order chi connectivity index (χ0) is 41.5. The summed E-state index contributed by atoms with van der Waals surface area (Å²) in [6.45, 7) is 4.26. The number of aliphatic hydroxyl groups is 3. The Morgan fingerprint density at radius 3 is 0.965 bits per heavy atom. The molecule has 0 rings (SSSR count). The van der Waals surface area contributed by atoms with Crippen molar-refractivity contribution < 1.29 is 20.1 Å². The highest BCUT2D eigenvalue weighted by Gasteiger charge is 2.23. The van der Waals surface area contributed by atoms with Gasteiger partial charge in [-0.05, 0) is 38.5 Å². The van der Waals surface area contributed by atoms with Gasteiger partial charge in [0.05, 0.1) is 18.8 Å². The zero-order valence-electron chi connectivity index (χ0n) is 38.7. The number of allylic oxidation sites excluding steroid dienone is 2. The van der Waals surface area contributed by atoms with Gasteiger partial charge in [0.2, 0.25) is 5.91 Å². The third-order valence-electron chi connectivity index (χ3n) is 12.4. The maximum atomic E-state index is 12.5. The van der Waals surface area contributed by atoms with Gasteiger partial charge in [-0.3, -0.25) is 4.79 Å². The maximum Gasteiger partial charge on any atom is 0.249 e. The molecule has 0 fully saturated rings. The molecule has 0 spiro atoms. The highest BCUT2D eigenvalue weighted by atomic mass is 16.3. The second-order valence-electron chi connectivity index (χ2n) is 18.1. The lowest BCUT2D eigenvalue weighted by molar-refractivity contribution is -0.131. The molecule has 3 atom stereocenters. The molecule has 0 heterocycles.